The lowest BCUT2D eigenvalue weighted by molar-refractivity contribution is 0.205. The molecule has 2 N–H and O–H groups in total. The second-order valence-electron chi connectivity index (χ2n) is 5.57. The molecule has 1 aliphatic rings. The van der Waals surface area contributed by atoms with Crippen LogP contribution in [0.3, 0.4) is 0 Å². The highest BCUT2D eigenvalue weighted by atomic mass is 15.3. The van der Waals surface area contributed by atoms with Crippen molar-refractivity contribution in [3.8, 4) is 11.3 Å². The number of piperidine rings is 1. The number of aromatic amines is 1. The van der Waals surface area contributed by atoms with Crippen molar-refractivity contribution in [1.82, 2.24) is 25.6 Å². The molecule has 2 heterocycles. The first kappa shape index (κ1) is 14.2. The van der Waals surface area contributed by atoms with E-state index in [1.54, 1.807) is 0 Å². The Balaban J connectivity index is 1.58. The molecule has 0 spiro atoms. The summed E-state index contributed by atoms with van der Waals surface area (Å²) in [6.07, 6.45) is 2.43. The quantitative estimate of drug-likeness (QED) is 0.883. The van der Waals surface area contributed by atoms with Crippen molar-refractivity contribution < 1.29 is 0 Å². The maximum absolute atomic E-state index is 4.30. The van der Waals surface area contributed by atoms with Gasteiger partial charge in [-0.3, -0.25) is 0 Å². The van der Waals surface area contributed by atoms with Crippen molar-refractivity contribution in [1.29, 1.82) is 0 Å². The summed E-state index contributed by atoms with van der Waals surface area (Å²) in [6.45, 7) is 6.55. The maximum Gasteiger partial charge on any atom is 0.117 e. The number of hydrogen-bond acceptors (Lipinski definition) is 4. The van der Waals surface area contributed by atoms with Gasteiger partial charge >= 0.3 is 0 Å². The second kappa shape index (κ2) is 6.83. The summed E-state index contributed by atoms with van der Waals surface area (Å²) >= 11 is 0. The largest absolute Gasteiger partial charge is 0.308 e. The summed E-state index contributed by atoms with van der Waals surface area (Å²) in [5, 5.41) is 15.0. The zero-order valence-electron chi connectivity index (χ0n) is 12.5. The molecule has 5 heteroatoms. The first-order chi connectivity index (χ1) is 10.4. The third kappa shape index (κ3) is 3.49. The molecule has 0 radical (unpaired) electrons. The fourth-order valence-corrected chi connectivity index (χ4v) is 2.90. The van der Waals surface area contributed by atoms with Crippen molar-refractivity contribution in [2.24, 2.45) is 0 Å². The van der Waals surface area contributed by atoms with E-state index in [0.717, 1.165) is 30.0 Å². The Morgan fingerprint density at radius 3 is 2.67 bits per heavy atom. The molecule has 0 bridgehead atoms. The van der Waals surface area contributed by atoms with E-state index in [1.165, 1.54) is 25.9 Å². The number of nitrogens with one attached hydrogen (secondary N) is 2. The van der Waals surface area contributed by atoms with Gasteiger partial charge in [-0.05, 0) is 32.5 Å². The molecule has 0 atom stereocenters. The molecule has 1 aromatic carbocycles. The Hall–Kier alpha value is -1.72. The third-order valence-corrected chi connectivity index (χ3v) is 4.26. The van der Waals surface area contributed by atoms with Crippen LogP contribution in [-0.4, -0.2) is 46.0 Å². The van der Waals surface area contributed by atoms with Gasteiger partial charge < -0.3 is 10.2 Å². The highest BCUT2D eigenvalue weighted by Gasteiger charge is 2.18. The number of H-pyrrole nitrogens is 1. The van der Waals surface area contributed by atoms with Crippen LogP contribution in [0.5, 0.6) is 0 Å². The Morgan fingerprint density at radius 2 is 1.95 bits per heavy atom. The van der Waals surface area contributed by atoms with Gasteiger partial charge in [0.1, 0.15) is 11.4 Å². The first-order valence-corrected chi connectivity index (χ1v) is 7.77. The van der Waals surface area contributed by atoms with Gasteiger partial charge in [0.05, 0.1) is 0 Å². The van der Waals surface area contributed by atoms with Crippen LogP contribution in [0, 0.1) is 0 Å². The summed E-state index contributed by atoms with van der Waals surface area (Å²) in [5.41, 5.74) is 3.07. The molecule has 21 heavy (non-hydrogen) atoms. The standard InChI is InChI=1S/C16H23N5/c1-2-21-10-8-14(9-11-21)17-12-15-16(19-20-18-15)13-6-4-3-5-7-13/h3-7,14,17H,2,8-12H2,1H3,(H,18,19,20). The summed E-state index contributed by atoms with van der Waals surface area (Å²) in [4.78, 5) is 2.50. The molecule has 3 rings (SSSR count). The zero-order valence-corrected chi connectivity index (χ0v) is 12.5. The molecule has 5 nitrogen and oxygen atoms in total. The molecule has 1 saturated heterocycles. The fourth-order valence-electron chi connectivity index (χ4n) is 2.90. The Labute approximate surface area is 125 Å². The van der Waals surface area contributed by atoms with Gasteiger partial charge in [0.25, 0.3) is 0 Å². The molecule has 2 aromatic rings. The van der Waals surface area contributed by atoms with Gasteiger partial charge in [-0.2, -0.15) is 15.4 Å². The van der Waals surface area contributed by atoms with E-state index in [2.05, 4.69) is 44.7 Å². The number of hydrogen-bond donors (Lipinski definition) is 2. The predicted octanol–water partition coefficient (Wildman–Crippen LogP) is 2.05. The van der Waals surface area contributed by atoms with Crippen molar-refractivity contribution in [2.45, 2.75) is 32.4 Å². The van der Waals surface area contributed by atoms with Crippen LogP contribution in [0.4, 0.5) is 0 Å². The molecular formula is C16H23N5. The predicted molar refractivity (Wildman–Crippen MR) is 83.8 cm³/mol. The maximum atomic E-state index is 4.30. The van der Waals surface area contributed by atoms with Gasteiger partial charge in [0, 0.05) is 18.2 Å². The molecule has 0 unspecified atom stereocenters. The van der Waals surface area contributed by atoms with E-state index < -0.39 is 0 Å². The SMILES string of the molecule is CCN1CCC(NCc2n[nH]nc2-c2ccccc2)CC1. The minimum Gasteiger partial charge on any atom is -0.308 e. The summed E-state index contributed by atoms with van der Waals surface area (Å²) in [7, 11) is 0. The zero-order chi connectivity index (χ0) is 14.5. The van der Waals surface area contributed by atoms with Crippen LogP contribution in [0.25, 0.3) is 11.3 Å². The minimum atomic E-state index is 0.591. The summed E-state index contributed by atoms with van der Waals surface area (Å²) < 4.78 is 0. The number of benzene rings is 1. The Morgan fingerprint density at radius 1 is 1.19 bits per heavy atom. The van der Waals surface area contributed by atoms with Crippen LogP contribution in [0.15, 0.2) is 30.3 Å². The second-order valence-corrected chi connectivity index (χ2v) is 5.57. The number of likely N-dealkylation sites (tertiary alicyclic amines) is 1. The van der Waals surface area contributed by atoms with Gasteiger partial charge in [-0.1, -0.05) is 37.3 Å². The van der Waals surface area contributed by atoms with Crippen LogP contribution in [0.2, 0.25) is 0 Å². The van der Waals surface area contributed by atoms with Crippen molar-refractivity contribution in [3.63, 3.8) is 0 Å². The number of nitrogens with zero attached hydrogens (tertiary/aromatic N) is 3. The molecular weight excluding hydrogens is 262 g/mol. The molecule has 1 fully saturated rings. The van der Waals surface area contributed by atoms with E-state index in [-0.39, 0.29) is 0 Å². The van der Waals surface area contributed by atoms with E-state index in [9.17, 15) is 0 Å². The topological polar surface area (TPSA) is 56.8 Å². The highest BCUT2D eigenvalue weighted by molar-refractivity contribution is 5.60. The normalized spacial score (nSPS) is 17.2. The molecule has 0 saturated carbocycles. The molecule has 112 valence electrons. The van der Waals surface area contributed by atoms with Crippen LogP contribution < -0.4 is 5.32 Å². The lowest BCUT2D eigenvalue weighted by atomic mass is 10.0. The first-order valence-electron chi connectivity index (χ1n) is 7.77. The lowest BCUT2D eigenvalue weighted by Crippen LogP contribution is -2.42. The van der Waals surface area contributed by atoms with Crippen LogP contribution in [-0.2, 0) is 6.54 Å². The van der Waals surface area contributed by atoms with Crippen LogP contribution >= 0.6 is 0 Å². The van der Waals surface area contributed by atoms with Gasteiger partial charge in [-0.15, -0.1) is 0 Å². The Kier molecular flexibility index (Phi) is 4.62. The van der Waals surface area contributed by atoms with Crippen molar-refractivity contribution in [2.75, 3.05) is 19.6 Å². The Bertz CT molecular complexity index is 543. The average molecular weight is 285 g/mol. The van der Waals surface area contributed by atoms with Crippen LogP contribution in [0.1, 0.15) is 25.5 Å². The third-order valence-electron chi connectivity index (χ3n) is 4.26. The van der Waals surface area contributed by atoms with Gasteiger partial charge in [0.2, 0.25) is 0 Å². The number of rotatable bonds is 5. The summed E-state index contributed by atoms with van der Waals surface area (Å²) in [5.74, 6) is 0. The highest BCUT2D eigenvalue weighted by Crippen LogP contribution is 2.19. The molecule has 0 amide bonds. The van der Waals surface area contributed by atoms with E-state index in [1.807, 2.05) is 18.2 Å². The summed E-state index contributed by atoms with van der Waals surface area (Å²) in [6, 6.07) is 10.8. The molecule has 1 aromatic heterocycles. The monoisotopic (exact) mass is 285 g/mol. The van der Waals surface area contributed by atoms with Crippen molar-refractivity contribution >= 4 is 0 Å². The van der Waals surface area contributed by atoms with Crippen molar-refractivity contribution in [3.05, 3.63) is 36.0 Å². The van der Waals surface area contributed by atoms with E-state index in [4.69, 9.17) is 0 Å². The molecule has 0 aliphatic carbocycles. The van der Waals surface area contributed by atoms with E-state index in [0.29, 0.717) is 6.04 Å². The average Bonchev–Trinajstić information content (AvgIpc) is 3.03. The van der Waals surface area contributed by atoms with E-state index >= 15 is 0 Å². The molecule has 1 aliphatic heterocycles. The minimum absolute atomic E-state index is 0.591. The lowest BCUT2D eigenvalue weighted by Gasteiger charge is -2.31. The van der Waals surface area contributed by atoms with Gasteiger partial charge in [0.15, 0.2) is 0 Å². The smallest absolute Gasteiger partial charge is 0.117 e. The fraction of sp³-hybridized carbons (Fsp3) is 0.500. The van der Waals surface area contributed by atoms with Gasteiger partial charge in [-0.25, -0.2) is 0 Å². The number of aromatic nitrogens is 3.